The van der Waals surface area contributed by atoms with Crippen molar-refractivity contribution in [2.45, 2.75) is 31.1 Å². The predicted octanol–water partition coefficient (Wildman–Crippen LogP) is 1.06. The van der Waals surface area contributed by atoms with E-state index in [1.165, 1.54) is 10.4 Å². The summed E-state index contributed by atoms with van der Waals surface area (Å²) in [7, 11) is -3.78. The third kappa shape index (κ3) is 5.26. The van der Waals surface area contributed by atoms with Crippen LogP contribution in [-0.2, 0) is 24.3 Å². The van der Waals surface area contributed by atoms with Gasteiger partial charge in [-0.25, -0.2) is 8.42 Å². The van der Waals surface area contributed by atoms with Crippen molar-refractivity contribution in [1.82, 2.24) is 9.21 Å². The molecule has 29 heavy (non-hydrogen) atoms. The molecule has 3 rings (SSSR count). The summed E-state index contributed by atoms with van der Waals surface area (Å²) in [6, 6.07) is 4.59. The lowest BCUT2D eigenvalue weighted by Gasteiger charge is -2.27. The fourth-order valence-corrected chi connectivity index (χ4v) is 4.95. The molecule has 1 aromatic rings. The molecule has 0 bridgehead atoms. The lowest BCUT2D eigenvalue weighted by molar-refractivity contribution is -0.128. The first-order valence-electron chi connectivity index (χ1n) is 9.84. The molecule has 10 heteroatoms. The van der Waals surface area contributed by atoms with Crippen LogP contribution in [0.5, 0.6) is 5.75 Å². The van der Waals surface area contributed by atoms with Crippen LogP contribution in [0.4, 0.5) is 5.69 Å². The number of nitrogens with zero attached hydrogens (tertiary/aromatic N) is 2. The van der Waals surface area contributed by atoms with E-state index in [9.17, 15) is 18.0 Å². The van der Waals surface area contributed by atoms with Gasteiger partial charge in [0.2, 0.25) is 21.8 Å². The molecule has 2 fully saturated rings. The smallest absolute Gasteiger partial charge is 0.246 e. The van der Waals surface area contributed by atoms with Gasteiger partial charge < -0.3 is 19.7 Å². The Balaban J connectivity index is 1.73. The first-order chi connectivity index (χ1) is 13.9. The summed E-state index contributed by atoms with van der Waals surface area (Å²) in [4.78, 5) is 25.6. The third-order valence-electron chi connectivity index (χ3n) is 4.90. The standard InChI is InChI=1S/C19H27N3O6S/c1-2-28-16-6-5-15(20-18(23)7-9-21-8-3-4-19(21)24)14-17(16)29(25,26)22-10-12-27-13-11-22/h5-6,14H,2-4,7-13H2,1H3,(H,20,23). The Labute approximate surface area is 171 Å². The zero-order valence-corrected chi connectivity index (χ0v) is 17.4. The van der Waals surface area contributed by atoms with Gasteiger partial charge in [0.15, 0.2) is 0 Å². The van der Waals surface area contributed by atoms with Gasteiger partial charge in [-0.1, -0.05) is 0 Å². The molecule has 2 aliphatic rings. The Morgan fingerprint density at radius 2 is 2.00 bits per heavy atom. The van der Waals surface area contributed by atoms with Crippen molar-refractivity contribution in [2.24, 2.45) is 0 Å². The highest BCUT2D eigenvalue weighted by molar-refractivity contribution is 7.89. The van der Waals surface area contributed by atoms with Crippen LogP contribution in [0.2, 0.25) is 0 Å². The molecule has 9 nitrogen and oxygen atoms in total. The van der Waals surface area contributed by atoms with Crippen molar-refractivity contribution in [3.8, 4) is 5.75 Å². The molecule has 0 atom stereocenters. The summed E-state index contributed by atoms with van der Waals surface area (Å²) in [6.45, 7) is 4.37. The van der Waals surface area contributed by atoms with Crippen LogP contribution in [0, 0.1) is 0 Å². The van der Waals surface area contributed by atoms with Crippen molar-refractivity contribution in [3.05, 3.63) is 18.2 Å². The SMILES string of the molecule is CCOc1ccc(NC(=O)CCN2CCCC2=O)cc1S(=O)(=O)N1CCOCC1. The number of hydrogen-bond donors (Lipinski definition) is 1. The molecule has 0 radical (unpaired) electrons. The summed E-state index contributed by atoms with van der Waals surface area (Å²) < 4.78 is 38.3. The molecule has 160 valence electrons. The molecule has 2 saturated heterocycles. The number of carbonyl (C=O) groups excluding carboxylic acids is 2. The molecule has 0 aromatic heterocycles. The Kier molecular flexibility index (Phi) is 7.09. The van der Waals surface area contributed by atoms with Crippen LogP contribution < -0.4 is 10.1 Å². The molecular weight excluding hydrogens is 398 g/mol. The number of nitrogens with one attached hydrogen (secondary N) is 1. The largest absolute Gasteiger partial charge is 0.492 e. The minimum Gasteiger partial charge on any atom is -0.492 e. The van der Waals surface area contributed by atoms with Gasteiger partial charge in [0.25, 0.3) is 0 Å². The molecule has 2 heterocycles. The highest BCUT2D eigenvalue weighted by Gasteiger charge is 2.30. The maximum absolute atomic E-state index is 13.1. The average molecular weight is 426 g/mol. The van der Waals surface area contributed by atoms with Crippen molar-refractivity contribution in [1.29, 1.82) is 0 Å². The van der Waals surface area contributed by atoms with Crippen LogP contribution in [-0.4, -0.2) is 75.4 Å². The van der Waals surface area contributed by atoms with Gasteiger partial charge >= 0.3 is 0 Å². The second-order valence-electron chi connectivity index (χ2n) is 6.89. The number of carbonyl (C=O) groups is 2. The quantitative estimate of drug-likeness (QED) is 0.668. The fraction of sp³-hybridized carbons (Fsp3) is 0.579. The lowest BCUT2D eigenvalue weighted by Crippen LogP contribution is -2.40. The highest BCUT2D eigenvalue weighted by Crippen LogP contribution is 2.30. The van der Waals surface area contributed by atoms with Crippen molar-refractivity contribution < 1.29 is 27.5 Å². The minimum atomic E-state index is -3.78. The van der Waals surface area contributed by atoms with Gasteiger partial charge in [-0.3, -0.25) is 9.59 Å². The summed E-state index contributed by atoms with van der Waals surface area (Å²) in [5, 5.41) is 2.73. The molecule has 0 aliphatic carbocycles. The lowest BCUT2D eigenvalue weighted by atomic mass is 10.3. The third-order valence-corrected chi connectivity index (χ3v) is 6.82. The molecular formula is C19H27N3O6S. The van der Waals surface area contributed by atoms with E-state index >= 15 is 0 Å². The van der Waals surface area contributed by atoms with E-state index in [1.54, 1.807) is 24.0 Å². The van der Waals surface area contributed by atoms with E-state index in [-0.39, 0.29) is 42.0 Å². The number of amides is 2. The van der Waals surface area contributed by atoms with Crippen LogP contribution in [0.1, 0.15) is 26.2 Å². The van der Waals surface area contributed by atoms with Crippen LogP contribution in [0.15, 0.2) is 23.1 Å². The summed E-state index contributed by atoms with van der Waals surface area (Å²) in [6.07, 6.45) is 1.51. The number of likely N-dealkylation sites (tertiary alicyclic amines) is 1. The zero-order chi connectivity index (χ0) is 20.9. The van der Waals surface area contributed by atoms with Crippen molar-refractivity contribution >= 4 is 27.5 Å². The first-order valence-corrected chi connectivity index (χ1v) is 11.3. The normalized spacial score (nSPS) is 18.1. The van der Waals surface area contributed by atoms with Gasteiger partial charge in [0.1, 0.15) is 10.6 Å². The Hall–Kier alpha value is -2.17. The van der Waals surface area contributed by atoms with E-state index < -0.39 is 10.0 Å². The van der Waals surface area contributed by atoms with Gasteiger partial charge in [-0.2, -0.15) is 4.31 Å². The van der Waals surface area contributed by atoms with Gasteiger partial charge in [0.05, 0.1) is 19.8 Å². The molecule has 2 amide bonds. The monoisotopic (exact) mass is 425 g/mol. The van der Waals surface area contributed by atoms with E-state index in [4.69, 9.17) is 9.47 Å². The number of hydrogen-bond acceptors (Lipinski definition) is 6. The Morgan fingerprint density at radius 3 is 2.66 bits per heavy atom. The Bertz CT molecular complexity index is 852. The maximum Gasteiger partial charge on any atom is 0.246 e. The average Bonchev–Trinajstić information content (AvgIpc) is 3.13. The first kappa shape index (κ1) is 21.5. The van der Waals surface area contributed by atoms with Crippen LogP contribution >= 0.6 is 0 Å². The number of anilines is 1. The number of sulfonamides is 1. The number of benzene rings is 1. The number of ether oxygens (including phenoxy) is 2. The summed E-state index contributed by atoms with van der Waals surface area (Å²) in [5.74, 6) is 0.0426. The van der Waals surface area contributed by atoms with E-state index in [2.05, 4.69) is 5.32 Å². The van der Waals surface area contributed by atoms with E-state index in [0.29, 0.717) is 45.0 Å². The summed E-state index contributed by atoms with van der Waals surface area (Å²) >= 11 is 0. The zero-order valence-electron chi connectivity index (χ0n) is 16.6. The highest BCUT2D eigenvalue weighted by atomic mass is 32.2. The van der Waals surface area contributed by atoms with Crippen LogP contribution in [0.25, 0.3) is 0 Å². The van der Waals surface area contributed by atoms with Crippen LogP contribution in [0.3, 0.4) is 0 Å². The number of rotatable bonds is 8. The van der Waals surface area contributed by atoms with E-state index in [0.717, 1.165) is 6.42 Å². The molecule has 1 N–H and O–H groups in total. The molecule has 1 aromatic carbocycles. The number of morpholine rings is 1. The van der Waals surface area contributed by atoms with Crippen molar-refractivity contribution in [2.75, 3.05) is 51.3 Å². The van der Waals surface area contributed by atoms with Crippen molar-refractivity contribution in [3.63, 3.8) is 0 Å². The topological polar surface area (TPSA) is 105 Å². The minimum absolute atomic E-state index is 0.0220. The molecule has 2 aliphatic heterocycles. The fourth-order valence-electron chi connectivity index (χ4n) is 3.39. The maximum atomic E-state index is 13.1. The second kappa shape index (κ2) is 9.55. The molecule has 0 spiro atoms. The van der Waals surface area contributed by atoms with Gasteiger partial charge in [-0.15, -0.1) is 0 Å². The predicted molar refractivity (Wildman–Crippen MR) is 106 cm³/mol. The van der Waals surface area contributed by atoms with E-state index in [1.807, 2.05) is 0 Å². The van der Waals surface area contributed by atoms with Gasteiger partial charge in [0, 0.05) is 44.7 Å². The Morgan fingerprint density at radius 1 is 1.24 bits per heavy atom. The molecule has 0 unspecified atom stereocenters. The second-order valence-corrected chi connectivity index (χ2v) is 8.80. The summed E-state index contributed by atoms with van der Waals surface area (Å²) in [5.41, 5.74) is 0.373. The van der Waals surface area contributed by atoms with Gasteiger partial charge in [-0.05, 0) is 31.5 Å². The molecule has 0 saturated carbocycles.